The number of ether oxygens (including phenoxy) is 1. The molecule has 4 rings (SSSR count). The van der Waals surface area contributed by atoms with E-state index in [9.17, 15) is 19.1 Å². The quantitative estimate of drug-likeness (QED) is 0.425. The zero-order valence-electron chi connectivity index (χ0n) is 18.5. The van der Waals surface area contributed by atoms with Crippen molar-refractivity contribution in [3.63, 3.8) is 0 Å². The minimum Gasteiger partial charge on any atom is -0.507 e. The summed E-state index contributed by atoms with van der Waals surface area (Å²) in [6, 6.07) is 10.2. The van der Waals surface area contributed by atoms with E-state index in [1.54, 1.807) is 30.3 Å². The molecule has 1 amide bonds. The number of carbonyl (C=O) groups is 2. The average molecular weight is 438 g/mol. The Kier molecular flexibility index (Phi) is 6.02. The van der Waals surface area contributed by atoms with Crippen LogP contribution in [0.1, 0.15) is 36.1 Å². The lowest BCUT2D eigenvalue weighted by molar-refractivity contribution is -0.139. The summed E-state index contributed by atoms with van der Waals surface area (Å²) in [6.07, 6.45) is 1.41. The van der Waals surface area contributed by atoms with E-state index in [4.69, 9.17) is 4.74 Å². The van der Waals surface area contributed by atoms with E-state index < -0.39 is 23.5 Å². The van der Waals surface area contributed by atoms with Crippen LogP contribution in [0.4, 0.5) is 4.39 Å². The van der Waals surface area contributed by atoms with E-state index in [-0.39, 0.29) is 17.4 Å². The first-order chi connectivity index (χ1) is 15.3. The van der Waals surface area contributed by atoms with Crippen molar-refractivity contribution in [1.82, 2.24) is 9.80 Å². The minimum absolute atomic E-state index is 0.0263. The first kappa shape index (κ1) is 22.0. The second kappa shape index (κ2) is 8.74. The third kappa shape index (κ3) is 4.12. The maximum atomic E-state index is 13.6. The summed E-state index contributed by atoms with van der Waals surface area (Å²) in [7, 11) is 3.87. The molecule has 0 bridgehead atoms. The second-order valence-corrected chi connectivity index (χ2v) is 8.66. The molecule has 2 aliphatic heterocycles. The fourth-order valence-electron chi connectivity index (χ4n) is 4.38. The van der Waals surface area contributed by atoms with Gasteiger partial charge in [-0.1, -0.05) is 12.1 Å². The Morgan fingerprint density at radius 2 is 1.91 bits per heavy atom. The number of hydrogen-bond acceptors (Lipinski definition) is 5. The lowest BCUT2D eigenvalue weighted by Crippen LogP contribution is -2.32. The highest BCUT2D eigenvalue weighted by molar-refractivity contribution is 6.46. The van der Waals surface area contributed by atoms with Gasteiger partial charge in [0.25, 0.3) is 11.7 Å². The molecule has 1 saturated heterocycles. The van der Waals surface area contributed by atoms with Crippen molar-refractivity contribution in [1.29, 1.82) is 0 Å². The SMILES string of the molecule is CC1Cc2cc(/C(O)=C3/C(=O)C(=O)N(CCCN(C)C)C3c3ccc(F)cc3)ccc2O1. The Bertz CT molecular complexity index is 1080. The molecule has 7 heteroatoms. The van der Waals surface area contributed by atoms with Crippen LogP contribution in [0, 0.1) is 5.82 Å². The van der Waals surface area contributed by atoms with Crippen molar-refractivity contribution in [2.75, 3.05) is 27.2 Å². The molecule has 2 heterocycles. The van der Waals surface area contributed by atoms with E-state index in [0.29, 0.717) is 30.5 Å². The highest BCUT2D eigenvalue weighted by Gasteiger charge is 2.45. The zero-order valence-corrected chi connectivity index (χ0v) is 18.5. The predicted octanol–water partition coefficient (Wildman–Crippen LogP) is 3.52. The average Bonchev–Trinajstić information content (AvgIpc) is 3.24. The maximum absolute atomic E-state index is 13.6. The molecule has 0 radical (unpaired) electrons. The van der Waals surface area contributed by atoms with Gasteiger partial charge >= 0.3 is 0 Å². The predicted molar refractivity (Wildman–Crippen MR) is 119 cm³/mol. The molecule has 168 valence electrons. The third-order valence-corrected chi connectivity index (χ3v) is 5.90. The molecule has 1 N–H and O–H groups in total. The lowest BCUT2D eigenvalue weighted by Gasteiger charge is -2.26. The molecule has 0 spiro atoms. The Labute approximate surface area is 186 Å². The molecule has 0 aromatic heterocycles. The van der Waals surface area contributed by atoms with E-state index in [1.165, 1.54) is 17.0 Å². The molecule has 2 atom stereocenters. The van der Waals surface area contributed by atoms with Gasteiger partial charge in [0.1, 0.15) is 23.4 Å². The summed E-state index contributed by atoms with van der Waals surface area (Å²) >= 11 is 0. The van der Waals surface area contributed by atoms with E-state index in [2.05, 4.69) is 0 Å². The summed E-state index contributed by atoms with van der Waals surface area (Å²) in [5, 5.41) is 11.2. The Morgan fingerprint density at radius 1 is 1.19 bits per heavy atom. The molecule has 32 heavy (non-hydrogen) atoms. The van der Waals surface area contributed by atoms with Crippen LogP contribution in [0.3, 0.4) is 0 Å². The summed E-state index contributed by atoms with van der Waals surface area (Å²) in [6.45, 7) is 3.05. The number of Topliss-reactive ketones (excluding diaryl/α,β-unsaturated/α-hetero) is 1. The minimum atomic E-state index is -0.777. The Hall–Kier alpha value is -3.19. The molecule has 6 nitrogen and oxygen atoms in total. The number of likely N-dealkylation sites (tertiary alicyclic amines) is 1. The Morgan fingerprint density at radius 3 is 2.59 bits per heavy atom. The van der Waals surface area contributed by atoms with Gasteiger partial charge in [0, 0.05) is 18.5 Å². The molecular weight excluding hydrogens is 411 g/mol. The van der Waals surface area contributed by atoms with Gasteiger partial charge in [-0.25, -0.2) is 4.39 Å². The molecule has 2 aromatic carbocycles. The molecule has 2 aliphatic rings. The number of rotatable bonds is 6. The monoisotopic (exact) mass is 438 g/mol. The number of nitrogens with zero attached hydrogens (tertiary/aromatic N) is 2. The molecule has 2 unspecified atom stereocenters. The van der Waals surface area contributed by atoms with Gasteiger partial charge in [-0.05, 0) is 75.4 Å². The largest absolute Gasteiger partial charge is 0.507 e. The standard InChI is InChI=1S/C25H27FN2O4/c1-15-13-18-14-17(7-10-20(18)32-15)23(29)21-22(16-5-8-19(26)9-6-16)28(25(31)24(21)30)12-4-11-27(2)3/h5-10,14-15,22,29H,4,11-13H2,1-3H3/b23-21-. The van der Waals surface area contributed by atoms with Crippen LogP contribution >= 0.6 is 0 Å². The third-order valence-electron chi connectivity index (χ3n) is 5.90. The number of carbonyl (C=O) groups excluding carboxylic acids is 2. The highest BCUT2D eigenvalue weighted by Crippen LogP contribution is 2.40. The fourth-order valence-corrected chi connectivity index (χ4v) is 4.38. The van der Waals surface area contributed by atoms with Gasteiger partial charge in [0.2, 0.25) is 0 Å². The van der Waals surface area contributed by atoms with Crippen LogP contribution in [0.5, 0.6) is 5.75 Å². The van der Waals surface area contributed by atoms with Crippen LogP contribution in [0.15, 0.2) is 48.0 Å². The van der Waals surface area contributed by atoms with Crippen molar-refractivity contribution in [3.8, 4) is 5.75 Å². The lowest BCUT2D eigenvalue weighted by atomic mass is 9.94. The van der Waals surface area contributed by atoms with Gasteiger partial charge in [-0.3, -0.25) is 9.59 Å². The van der Waals surface area contributed by atoms with Gasteiger partial charge in [0.05, 0.1) is 11.6 Å². The number of fused-ring (bicyclic) bond motifs is 1. The summed E-state index contributed by atoms with van der Waals surface area (Å²) in [5.74, 6) is -1.26. The zero-order chi connectivity index (χ0) is 23.0. The van der Waals surface area contributed by atoms with Gasteiger partial charge in [0.15, 0.2) is 0 Å². The number of amides is 1. The van der Waals surface area contributed by atoms with Gasteiger partial charge in [-0.2, -0.15) is 0 Å². The number of ketones is 1. The summed E-state index contributed by atoms with van der Waals surface area (Å²) < 4.78 is 19.3. The highest BCUT2D eigenvalue weighted by atomic mass is 19.1. The van der Waals surface area contributed by atoms with Gasteiger partial charge in [-0.15, -0.1) is 0 Å². The number of aliphatic hydroxyl groups is 1. The van der Waals surface area contributed by atoms with Crippen molar-refractivity contribution in [2.24, 2.45) is 0 Å². The molecule has 0 saturated carbocycles. The fraction of sp³-hybridized carbons (Fsp3) is 0.360. The van der Waals surface area contributed by atoms with Crippen LogP contribution in [0.2, 0.25) is 0 Å². The normalized spacial score (nSPS) is 21.8. The first-order valence-corrected chi connectivity index (χ1v) is 10.7. The van der Waals surface area contributed by atoms with Crippen LogP contribution in [-0.4, -0.2) is 59.9 Å². The van der Waals surface area contributed by atoms with E-state index in [1.807, 2.05) is 25.9 Å². The van der Waals surface area contributed by atoms with Gasteiger partial charge < -0.3 is 19.6 Å². The number of halogens is 1. The van der Waals surface area contributed by atoms with Crippen LogP contribution in [-0.2, 0) is 16.0 Å². The Balaban J connectivity index is 1.77. The first-order valence-electron chi connectivity index (χ1n) is 10.7. The summed E-state index contributed by atoms with van der Waals surface area (Å²) in [4.78, 5) is 29.4. The topological polar surface area (TPSA) is 70.1 Å². The molecule has 0 aliphatic carbocycles. The maximum Gasteiger partial charge on any atom is 0.295 e. The number of aliphatic hydroxyl groups excluding tert-OH is 1. The number of hydrogen-bond donors (Lipinski definition) is 1. The van der Waals surface area contributed by atoms with Crippen LogP contribution in [0.25, 0.3) is 5.76 Å². The van der Waals surface area contributed by atoms with Crippen molar-refractivity contribution in [2.45, 2.75) is 31.9 Å². The van der Waals surface area contributed by atoms with Crippen LogP contribution < -0.4 is 4.74 Å². The molecule has 1 fully saturated rings. The van der Waals surface area contributed by atoms with E-state index >= 15 is 0 Å². The number of benzene rings is 2. The van der Waals surface area contributed by atoms with Crippen molar-refractivity contribution < 1.29 is 23.8 Å². The smallest absolute Gasteiger partial charge is 0.295 e. The second-order valence-electron chi connectivity index (χ2n) is 8.66. The van der Waals surface area contributed by atoms with Crippen molar-refractivity contribution in [3.05, 3.63) is 70.5 Å². The summed E-state index contributed by atoms with van der Waals surface area (Å²) in [5.41, 5.74) is 2.01. The van der Waals surface area contributed by atoms with Crippen molar-refractivity contribution >= 4 is 17.4 Å². The molecular formula is C25H27FN2O4. The molecule has 2 aromatic rings. The van der Waals surface area contributed by atoms with E-state index in [0.717, 1.165) is 17.9 Å².